The summed E-state index contributed by atoms with van der Waals surface area (Å²) >= 11 is 0. The Morgan fingerprint density at radius 3 is 1.72 bits per heavy atom. The minimum atomic E-state index is 0.0123. The van der Waals surface area contributed by atoms with E-state index < -0.39 is 0 Å². The van der Waals surface area contributed by atoms with Gasteiger partial charge in [0.2, 0.25) is 11.8 Å². The van der Waals surface area contributed by atoms with E-state index in [1.54, 1.807) is 16.8 Å². The summed E-state index contributed by atoms with van der Waals surface area (Å²) in [4.78, 5) is 28.9. The highest BCUT2D eigenvalue weighted by molar-refractivity contribution is 5.95. The number of anilines is 2. The molecule has 0 aliphatic carbocycles. The van der Waals surface area contributed by atoms with Gasteiger partial charge in [0, 0.05) is 31.3 Å². The second-order valence-corrected chi connectivity index (χ2v) is 6.94. The molecular formula is C25H26N2O2. The van der Waals surface area contributed by atoms with E-state index >= 15 is 0 Å². The van der Waals surface area contributed by atoms with Crippen LogP contribution in [-0.2, 0) is 16.1 Å². The highest BCUT2D eigenvalue weighted by atomic mass is 16.2. The van der Waals surface area contributed by atoms with E-state index in [0.29, 0.717) is 25.8 Å². The molecule has 0 radical (unpaired) electrons. The van der Waals surface area contributed by atoms with Gasteiger partial charge in [0.05, 0.1) is 6.54 Å². The molecule has 0 aliphatic heterocycles. The fraction of sp³-hybridized carbons (Fsp3) is 0.200. The minimum absolute atomic E-state index is 0.0123. The highest BCUT2D eigenvalue weighted by Gasteiger charge is 2.17. The molecule has 3 rings (SSSR count). The summed E-state index contributed by atoms with van der Waals surface area (Å²) in [5.74, 6) is 0.0357. The van der Waals surface area contributed by atoms with E-state index in [-0.39, 0.29) is 11.8 Å². The molecule has 3 aromatic carbocycles. The van der Waals surface area contributed by atoms with Crippen molar-refractivity contribution in [3.8, 4) is 0 Å². The van der Waals surface area contributed by atoms with Crippen LogP contribution in [0.3, 0.4) is 0 Å². The van der Waals surface area contributed by atoms with Crippen LogP contribution in [0.4, 0.5) is 11.4 Å². The van der Waals surface area contributed by atoms with Gasteiger partial charge in [0.1, 0.15) is 0 Å². The number of amides is 2. The summed E-state index contributed by atoms with van der Waals surface area (Å²) in [6, 6.07) is 29.2. The zero-order chi connectivity index (χ0) is 20.5. The smallest absolute Gasteiger partial charge is 0.227 e. The molecule has 0 atom stereocenters. The van der Waals surface area contributed by atoms with Crippen LogP contribution in [0, 0.1) is 0 Å². The van der Waals surface area contributed by atoms with Crippen molar-refractivity contribution in [3.05, 3.63) is 96.6 Å². The van der Waals surface area contributed by atoms with Crippen molar-refractivity contribution in [2.45, 2.75) is 25.8 Å². The third-order valence-electron chi connectivity index (χ3n) is 4.85. The van der Waals surface area contributed by atoms with Gasteiger partial charge in [0.25, 0.3) is 0 Å². The van der Waals surface area contributed by atoms with E-state index in [0.717, 1.165) is 16.9 Å². The molecule has 3 aromatic rings. The van der Waals surface area contributed by atoms with Gasteiger partial charge in [-0.2, -0.15) is 0 Å². The van der Waals surface area contributed by atoms with Gasteiger partial charge in [0.15, 0.2) is 0 Å². The molecule has 0 N–H and O–H groups in total. The van der Waals surface area contributed by atoms with E-state index in [2.05, 4.69) is 0 Å². The van der Waals surface area contributed by atoms with Gasteiger partial charge in [-0.05, 0) is 36.2 Å². The normalized spacial score (nSPS) is 10.4. The number of para-hydroxylation sites is 2. The number of carbonyl (C=O) groups is 2. The lowest BCUT2D eigenvalue weighted by Crippen LogP contribution is -2.31. The second kappa shape index (κ2) is 10.2. The van der Waals surface area contributed by atoms with Crippen LogP contribution < -0.4 is 9.80 Å². The minimum Gasteiger partial charge on any atom is -0.316 e. The lowest BCUT2D eigenvalue weighted by atomic mass is 10.1. The Morgan fingerprint density at radius 1 is 0.655 bits per heavy atom. The summed E-state index contributed by atoms with van der Waals surface area (Å²) in [5.41, 5.74) is 2.80. The summed E-state index contributed by atoms with van der Waals surface area (Å²) in [7, 11) is 1.77. The first kappa shape index (κ1) is 20.3. The van der Waals surface area contributed by atoms with Crippen LogP contribution in [-0.4, -0.2) is 18.9 Å². The van der Waals surface area contributed by atoms with Crippen molar-refractivity contribution < 1.29 is 9.59 Å². The van der Waals surface area contributed by atoms with Crippen molar-refractivity contribution in [2.24, 2.45) is 0 Å². The number of nitrogens with zero attached hydrogens (tertiary/aromatic N) is 2. The number of benzene rings is 3. The van der Waals surface area contributed by atoms with E-state index in [9.17, 15) is 9.59 Å². The van der Waals surface area contributed by atoms with Crippen LogP contribution in [0.1, 0.15) is 24.8 Å². The molecule has 0 unspecified atom stereocenters. The van der Waals surface area contributed by atoms with Crippen LogP contribution >= 0.6 is 0 Å². The summed E-state index contributed by atoms with van der Waals surface area (Å²) < 4.78 is 0. The average molecular weight is 386 g/mol. The van der Waals surface area contributed by atoms with Gasteiger partial charge in [-0.1, -0.05) is 66.7 Å². The molecule has 0 aliphatic rings. The zero-order valence-corrected chi connectivity index (χ0v) is 16.7. The predicted octanol–water partition coefficient (Wildman–Crippen LogP) is 5.05. The summed E-state index contributed by atoms with van der Waals surface area (Å²) in [5, 5.41) is 0. The predicted molar refractivity (Wildman–Crippen MR) is 118 cm³/mol. The van der Waals surface area contributed by atoms with Gasteiger partial charge in [-0.25, -0.2) is 0 Å². The Bertz CT molecular complexity index is 911. The maximum Gasteiger partial charge on any atom is 0.227 e. The maximum atomic E-state index is 13.0. The topological polar surface area (TPSA) is 40.6 Å². The zero-order valence-electron chi connectivity index (χ0n) is 16.7. The molecule has 0 heterocycles. The molecule has 0 fully saturated rings. The Labute approximate surface area is 172 Å². The van der Waals surface area contributed by atoms with Crippen molar-refractivity contribution >= 4 is 23.2 Å². The Balaban J connectivity index is 1.60. The fourth-order valence-corrected chi connectivity index (χ4v) is 3.19. The average Bonchev–Trinajstić information content (AvgIpc) is 2.78. The molecule has 0 saturated carbocycles. The van der Waals surface area contributed by atoms with Crippen molar-refractivity contribution in [2.75, 3.05) is 16.8 Å². The highest BCUT2D eigenvalue weighted by Crippen LogP contribution is 2.19. The standard InChI is InChI=1S/C25H26N2O2/c1-26(22-14-7-3-8-15-22)24(28)18-11-19-25(29)27(23-16-9-4-10-17-23)20-21-12-5-2-6-13-21/h2-10,12-17H,11,18-20H2,1H3. The number of hydrogen-bond donors (Lipinski definition) is 0. The van der Waals surface area contributed by atoms with Crippen LogP contribution in [0.15, 0.2) is 91.0 Å². The van der Waals surface area contributed by atoms with E-state index in [1.165, 1.54) is 0 Å². The maximum absolute atomic E-state index is 13.0. The molecule has 4 heteroatoms. The van der Waals surface area contributed by atoms with Gasteiger partial charge >= 0.3 is 0 Å². The van der Waals surface area contributed by atoms with E-state index in [1.807, 2.05) is 91.0 Å². The monoisotopic (exact) mass is 386 g/mol. The Hall–Kier alpha value is -3.40. The molecule has 0 bridgehead atoms. The van der Waals surface area contributed by atoms with Gasteiger partial charge in [-0.3, -0.25) is 9.59 Å². The Morgan fingerprint density at radius 2 is 1.14 bits per heavy atom. The van der Waals surface area contributed by atoms with Gasteiger partial charge < -0.3 is 9.80 Å². The first-order valence-electron chi connectivity index (χ1n) is 9.86. The third-order valence-corrected chi connectivity index (χ3v) is 4.85. The van der Waals surface area contributed by atoms with Crippen LogP contribution in [0.25, 0.3) is 0 Å². The van der Waals surface area contributed by atoms with Crippen molar-refractivity contribution in [1.82, 2.24) is 0 Å². The molecule has 4 nitrogen and oxygen atoms in total. The molecule has 0 saturated heterocycles. The first-order chi connectivity index (χ1) is 14.1. The quantitative estimate of drug-likeness (QED) is 0.543. The lowest BCUT2D eigenvalue weighted by molar-refractivity contribution is -0.119. The van der Waals surface area contributed by atoms with Crippen LogP contribution in [0.5, 0.6) is 0 Å². The van der Waals surface area contributed by atoms with Gasteiger partial charge in [-0.15, -0.1) is 0 Å². The molecule has 2 amide bonds. The molecule has 0 spiro atoms. The first-order valence-corrected chi connectivity index (χ1v) is 9.86. The molecule has 148 valence electrons. The molecular weight excluding hydrogens is 360 g/mol. The largest absolute Gasteiger partial charge is 0.316 e. The molecule has 0 aromatic heterocycles. The number of carbonyl (C=O) groups excluding carboxylic acids is 2. The molecule has 29 heavy (non-hydrogen) atoms. The SMILES string of the molecule is CN(C(=O)CCCC(=O)N(Cc1ccccc1)c1ccccc1)c1ccccc1. The number of hydrogen-bond acceptors (Lipinski definition) is 2. The van der Waals surface area contributed by atoms with Crippen molar-refractivity contribution in [3.63, 3.8) is 0 Å². The van der Waals surface area contributed by atoms with Crippen LogP contribution in [0.2, 0.25) is 0 Å². The Kier molecular flexibility index (Phi) is 7.17. The third kappa shape index (κ3) is 5.79. The second-order valence-electron chi connectivity index (χ2n) is 6.94. The summed E-state index contributed by atoms with van der Waals surface area (Å²) in [6.45, 7) is 0.515. The van der Waals surface area contributed by atoms with Crippen molar-refractivity contribution in [1.29, 1.82) is 0 Å². The lowest BCUT2D eigenvalue weighted by Gasteiger charge is -2.23. The fourth-order valence-electron chi connectivity index (χ4n) is 3.19. The number of rotatable bonds is 8. The van der Waals surface area contributed by atoms with E-state index in [4.69, 9.17) is 0 Å². The summed E-state index contributed by atoms with van der Waals surface area (Å²) in [6.07, 6.45) is 1.19.